The molecule has 2 rings (SSSR count). The number of aromatic nitrogens is 3. The molecule has 2 aromatic heterocycles. The number of nitrogens with one attached hydrogen (secondary N) is 1. The molecule has 0 fully saturated rings. The van der Waals surface area contributed by atoms with E-state index in [1.54, 1.807) is 12.3 Å². The minimum atomic E-state index is -0.463. The van der Waals surface area contributed by atoms with Crippen molar-refractivity contribution in [2.75, 3.05) is 11.9 Å². The van der Waals surface area contributed by atoms with Gasteiger partial charge in [0, 0.05) is 18.0 Å². The molecule has 25 heavy (non-hydrogen) atoms. The highest BCUT2D eigenvalue weighted by Gasteiger charge is 2.14. The fraction of sp³-hybridized carbons (Fsp3) is 0.438. The molecular weight excluding hydrogens is 344 g/mol. The summed E-state index contributed by atoms with van der Waals surface area (Å²) in [5, 5.41) is 8.74. The zero-order chi connectivity index (χ0) is 18.4. The molecule has 0 aliphatic rings. The van der Waals surface area contributed by atoms with Gasteiger partial charge in [0.1, 0.15) is 5.69 Å². The van der Waals surface area contributed by atoms with Gasteiger partial charge in [-0.25, -0.2) is 9.67 Å². The molecule has 0 aliphatic carbocycles. The van der Waals surface area contributed by atoms with Crippen LogP contribution >= 0.6 is 11.3 Å². The van der Waals surface area contributed by atoms with Crippen molar-refractivity contribution < 1.29 is 14.3 Å². The third kappa shape index (κ3) is 5.49. The van der Waals surface area contributed by atoms with E-state index in [9.17, 15) is 14.4 Å². The second-order valence-corrected chi connectivity index (χ2v) is 6.57. The lowest BCUT2D eigenvalue weighted by Gasteiger charge is -2.08. The zero-order valence-corrected chi connectivity index (χ0v) is 15.1. The average Bonchev–Trinajstić information content (AvgIpc) is 2.96. The number of hydrogen-bond acceptors (Lipinski definition) is 7. The van der Waals surface area contributed by atoms with Gasteiger partial charge in [0.25, 0.3) is 11.5 Å². The summed E-state index contributed by atoms with van der Waals surface area (Å²) in [7, 11) is 0. The van der Waals surface area contributed by atoms with Gasteiger partial charge in [-0.05, 0) is 18.9 Å². The molecule has 1 N–H and O–H groups in total. The van der Waals surface area contributed by atoms with E-state index in [0.717, 1.165) is 0 Å². The van der Waals surface area contributed by atoms with E-state index in [1.807, 2.05) is 13.8 Å². The van der Waals surface area contributed by atoms with Gasteiger partial charge < -0.3 is 4.74 Å². The monoisotopic (exact) mass is 364 g/mol. The maximum atomic E-state index is 12.3. The van der Waals surface area contributed by atoms with E-state index in [0.29, 0.717) is 24.0 Å². The Morgan fingerprint density at radius 2 is 2.12 bits per heavy atom. The van der Waals surface area contributed by atoms with Crippen LogP contribution in [0.4, 0.5) is 5.13 Å². The molecule has 134 valence electrons. The van der Waals surface area contributed by atoms with E-state index >= 15 is 0 Å². The van der Waals surface area contributed by atoms with Crippen LogP contribution < -0.4 is 10.9 Å². The third-order valence-electron chi connectivity index (χ3n) is 3.04. The average molecular weight is 364 g/mol. The Kier molecular flexibility index (Phi) is 6.40. The van der Waals surface area contributed by atoms with Crippen LogP contribution in [0.25, 0.3) is 0 Å². The van der Waals surface area contributed by atoms with Crippen molar-refractivity contribution in [3.05, 3.63) is 39.3 Å². The van der Waals surface area contributed by atoms with E-state index in [1.165, 1.54) is 28.2 Å². The molecule has 0 aliphatic heterocycles. The Morgan fingerprint density at radius 1 is 1.36 bits per heavy atom. The lowest BCUT2D eigenvalue weighted by molar-refractivity contribution is -0.142. The Morgan fingerprint density at radius 3 is 2.80 bits per heavy atom. The Hall–Kier alpha value is -2.55. The fourth-order valence-electron chi connectivity index (χ4n) is 2.01. The van der Waals surface area contributed by atoms with Gasteiger partial charge in [-0.3, -0.25) is 19.7 Å². The first-order chi connectivity index (χ1) is 11.9. The summed E-state index contributed by atoms with van der Waals surface area (Å²) in [6.45, 7) is 6.39. The van der Waals surface area contributed by atoms with Crippen molar-refractivity contribution >= 4 is 28.3 Å². The Bertz CT molecular complexity index is 812. The van der Waals surface area contributed by atoms with Crippen molar-refractivity contribution in [2.45, 2.75) is 33.7 Å². The first kappa shape index (κ1) is 18.8. The highest BCUT2D eigenvalue weighted by Crippen LogP contribution is 2.16. The quantitative estimate of drug-likeness (QED) is 0.750. The number of esters is 1. The lowest BCUT2D eigenvalue weighted by atomic mass is 10.2. The summed E-state index contributed by atoms with van der Waals surface area (Å²) in [5.41, 5.74) is 0.398. The van der Waals surface area contributed by atoms with E-state index < -0.39 is 5.91 Å². The molecule has 0 radical (unpaired) electrons. The molecule has 0 atom stereocenters. The van der Waals surface area contributed by atoms with Crippen LogP contribution in [-0.2, 0) is 22.5 Å². The summed E-state index contributed by atoms with van der Waals surface area (Å²) >= 11 is 1.20. The number of carbonyl (C=O) groups excluding carboxylic acids is 2. The number of carbonyl (C=O) groups is 2. The highest BCUT2D eigenvalue weighted by molar-refractivity contribution is 7.14. The van der Waals surface area contributed by atoms with Gasteiger partial charge >= 0.3 is 5.97 Å². The van der Waals surface area contributed by atoms with Gasteiger partial charge in [-0.2, -0.15) is 5.10 Å². The minimum Gasteiger partial charge on any atom is -0.466 e. The molecule has 0 aromatic carbocycles. The van der Waals surface area contributed by atoms with E-state index in [-0.39, 0.29) is 29.6 Å². The van der Waals surface area contributed by atoms with Crippen molar-refractivity contribution in [2.24, 2.45) is 5.92 Å². The molecule has 9 heteroatoms. The number of thiazole rings is 1. The summed E-state index contributed by atoms with van der Waals surface area (Å²) in [6.07, 6.45) is 0.0533. The lowest BCUT2D eigenvalue weighted by Crippen LogP contribution is -2.27. The van der Waals surface area contributed by atoms with Gasteiger partial charge in [0.05, 0.1) is 18.7 Å². The molecule has 0 saturated heterocycles. The first-order valence-electron chi connectivity index (χ1n) is 7.88. The van der Waals surface area contributed by atoms with Crippen molar-refractivity contribution in [1.82, 2.24) is 14.8 Å². The highest BCUT2D eigenvalue weighted by atomic mass is 32.1. The molecule has 0 bridgehead atoms. The van der Waals surface area contributed by atoms with Crippen LogP contribution in [0, 0.1) is 5.92 Å². The standard InChI is InChI=1S/C16H20N4O4S/c1-4-24-14(22)7-11-9-25-16(17-11)18-15(23)12-5-6-13(21)20(19-12)8-10(2)3/h5-6,9-10H,4,7-8H2,1-3H3,(H,17,18,23). The maximum absolute atomic E-state index is 12.3. The van der Waals surface area contributed by atoms with Crippen LogP contribution in [0.3, 0.4) is 0 Å². The number of anilines is 1. The summed E-state index contributed by atoms with van der Waals surface area (Å²) in [5.74, 6) is -0.601. The molecule has 2 aromatic rings. The second kappa shape index (κ2) is 8.52. The van der Waals surface area contributed by atoms with E-state index in [2.05, 4.69) is 15.4 Å². The molecule has 1 amide bonds. The normalized spacial score (nSPS) is 10.7. The van der Waals surface area contributed by atoms with E-state index in [4.69, 9.17) is 4.74 Å². The van der Waals surface area contributed by atoms with Gasteiger partial charge in [-0.15, -0.1) is 11.3 Å². The predicted octanol–water partition coefficient (Wildman–Crippen LogP) is 1.71. The minimum absolute atomic E-state index is 0.0533. The van der Waals surface area contributed by atoms with Gasteiger partial charge in [0.15, 0.2) is 5.13 Å². The van der Waals surface area contributed by atoms with Crippen LogP contribution in [0.1, 0.15) is 37.0 Å². The second-order valence-electron chi connectivity index (χ2n) is 5.71. The van der Waals surface area contributed by atoms with Gasteiger partial charge in [0.2, 0.25) is 0 Å². The number of amides is 1. The molecule has 2 heterocycles. The summed E-state index contributed by atoms with van der Waals surface area (Å²) in [4.78, 5) is 39.7. The number of nitrogens with zero attached hydrogens (tertiary/aromatic N) is 3. The van der Waals surface area contributed by atoms with Crippen molar-refractivity contribution in [1.29, 1.82) is 0 Å². The fourth-order valence-corrected chi connectivity index (χ4v) is 2.72. The van der Waals surface area contributed by atoms with Crippen LogP contribution in [0.5, 0.6) is 0 Å². The summed E-state index contributed by atoms with van der Waals surface area (Å²) in [6, 6.07) is 2.69. The Balaban J connectivity index is 2.06. The van der Waals surface area contributed by atoms with Crippen LogP contribution in [0.15, 0.2) is 22.3 Å². The first-order valence-corrected chi connectivity index (χ1v) is 8.76. The van der Waals surface area contributed by atoms with Crippen molar-refractivity contribution in [3.63, 3.8) is 0 Å². The number of rotatable bonds is 7. The SMILES string of the molecule is CCOC(=O)Cc1csc(NC(=O)c2ccc(=O)n(CC(C)C)n2)n1. The van der Waals surface area contributed by atoms with Gasteiger partial charge in [-0.1, -0.05) is 13.8 Å². The molecule has 0 saturated carbocycles. The molecule has 0 spiro atoms. The number of hydrogen-bond donors (Lipinski definition) is 1. The zero-order valence-electron chi connectivity index (χ0n) is 14.3. The Labute approximate surface area is 148 Å². The summed E-state index contributed by atoms with van der Waals surface area (Å²) < 4.78 is 6.13. The number of ether oxygens (including phenoxy) is 1. The topological polar surface area (TPSA) is 103 Å². The van der Waals surface area contributed by atoms with Crippen molar-refractivity contribution in [3.8, 4) is 0 Å². The van der Waals surface area contributed by atoms with Crippen LogP contribution in [0.2, 0.25) is 0 Å². The third-order valence-corrected chi connectivity index (χ3v) is 3.85. The predicted molar refractivity (Wildman–Crippen MR) is 93.7 cm³/mol. The van der Waals surface area contributed by atoms with Crippen LogP contribution in [-0.4, -0.2) is 33.2 Å². The molecular formula is C16H20N4O4S. The molecule has 0 unspecified atom stereocenters. The molecule has 8 nitrogen and oxygen atoms in total. The largest absolute Gasteiger partial charge is 0.466 e. The maximum Gasteiger partial charge on any atom is 0.311 e. The smallest absolute Gasteiger partial charge is 0.311 e.